The van der Waals surface area contributed by atoms with E-state index in [9.17, 15) is 4.79 Å². The van der Waals surface area contributed by atoms with Gasteiger partial charge in [-0.25, -0.2) is 0 Å². The Balaban J connectivity index is 1.96. The summed E-state index contributed by atoms with van der Waals surface area (Å²) < 4.78 is 0. The Kier molecular flexibility index (Phi) is 4.87. The second-order valence-electron chi connectivity index (χ2n) is 7.21. The Morgan fingerprint density at radius 2 is 1.71 bits per heavy atom. The first-order chi connectivity index (χ1) is 9.86. The van der Waals surface area contributed by atoms with Crippen molar-refractivity contribution < 1.29 is 4.79 Å². The van der Waals surface area contributed by atoms with Crippen LogP contribution >= 0.6 is 0 Å². The van der Waals surface area contributed by atoms with Crippen LogP contribution in [-0.2, 0) is 10.2 Å². The molecule has 0 bridgehead atoms. The molecule has 0 spiro atoms. The Hall–Kier alpha value is -1.57. The molecule has 1 saturated heterocycles. The average Bonchev–Trinajstić information content (AvgIpc) is 2.45. The van der Waals surface area contributed by atoms with Crippen LogP contribution in [-0.4, -0.2) is 23.9 Å². The largest absolute Gasteiger partial charge is 0.339 e. The third-order valence-corrected chi connectivity index (χ3v) is 4.29. The maximum absolute atomic E-state index is 12.1. The monoisotopic (exact) mass is 285 g/mol. The van der Waals surface area contributed by atoms with E-state index in [0.717, 1.165) is 37.4 Å². The molecule has 1 amide bonds. The normalized spacial score (nSPS) is 17.4. The van der Waals surface area contributed by atoms with Gasteiger partial charge >= 0.3 is 0 Å². The predicted octanol–water partition coefficient (Wildman–Crippen LogP) is 4.26. The minimum atomic E-state index is 0.141. The fraction of sp³-hybridized carbons (Fsp3) is 0.526. The Bertz CT molecular complexity index is 499. The van der Waals surface area contributed by atoms with Crippen LogP contribution in [0.1, 0.15) is 51.7 Å². The van der Waals surface area contributed by atoms with Crippen molar-refractivity contribution in [3.8, 4) is 0 Å². The summed E-state index contributed by atoms with van der Waals surface area (Å²) in [4.78, 5) is 14.1. The Morgan fingerprint density at radius 3 is 2.24 bits per heavy atom. The molecule has 1 heterocycles. The van der Waals surface area contributed by atoms with Gasteiger partial charge in [-0.1, -0.05) is 52.0 Å². The Labute approximate surface area is 128 Å². The minimum Gasteiger partial charge on any atom is -0.339 e. The van der Waals surface area contributed by atoms with Crippen LogP contribution in [0.4, 0.5) is 0 Å². The van der Waals surface area contributed by atoms with E-state index in [-0.39, 0.29) is 11.3 Å². The number of hydrogen-bond donors (Lipinski definition) is 0. The molecule has 2 nitrogen and oxygen atoms in total. The molecule has 114 valence electrons. The lowest BCUT2D eigenvalue weighted by atomic mass is 9.87. The number of carbonyl (C=O) groups is 1. The molecule has 2 heteroatoms. The maximum Gasteiger partial charge on any atom is 0.246 e. The summed E-state index contributed by atoms with van der Waals surface area (Å²) in [6.45, 7) is 10.7. The fourth-order valence-electron chi connectivity index (χ4n) is 2.60. The maximum atomic E-state index is 12.1. The van der Waals surface area contributed by atoms with Gasteiger partial charge < -0.3 is 4.90 Å². The molecule has 1 fully saturated rings. The molecule has 0 radical (unpaired) electrons. The molecule has 1 aromatic carbocycles. The number of benzene rings is 1. The van der Waals surface area contributed by atoms with E-state index >= 15 is 0 Å². The SMILES string of the molecule is CC1CCN(C(=O)/C=C/c2ccc(C(C)(C)C)cc2)CC1. The summed E-state index contributed by atoms with van der Waals surface area (Å²) in [5.41, 5.74) is 2.57. The molecular formula is C19H27NO. The van der Waals surface area contributed by atoms with Gasteiger partial charge in [-0.15, -0.1) is 0 Å². The molecular weight excluding hydrogens is 258 g/mol. The van der Waals surface area contributed by atoms with Crippen molar-refractivity contribution in [2.24, 2.45) is 5.92 Å². The lowest BCUT2D eigenvalue weighted by molar-refractivity contribution is -0.127. The number of carbonyl (C=O) groups excluding carboxylic acids is 1. The van der Waals surface area contributed by atoms with Crippen LogP contribution in [0.25, 0.3) is 6.08 Å². The van der Waals surface area contributed by atoms with Crippen LogP contribution in [0.3, 0.4) is 0 Å². The number of rotatable bonds is 2. The second-order valence-corrected chi connectivity index (χ2v) is 7.21. The minimum absolute atomic E-state index is 0.141. The molecule has 21 heavy (non-hydrogen) atoms. The van der Waals surface area contributed by atoms with Crippen LogP contribution < -0.4 is 0 Å². The van der Waals surface area contributed by atoms with E-state index < -0.39 is 0 Å². The van der Waals surface area contributed by atoms with E-state index in [4.69, 9.17) is 0 Å². The van der Waals surface area contributed by atoms with Crippen molar-refractivity contribution >= 4 is 12.0 Å². The fourth-order valence-corrected chi connectivity index (χ4v) is 2.60. The number of likely N-dealkylation sites (tertiary alicyclic amines) is 1. The highest BCUT2D eigenvalue weighted by molar-refractivity contribution is 5.91. The molecule has 1 aromatic rings. The van der Waals surface area contributed by atoms with Crippen molar-refractivity contribution in [1.29, 1.82) is 0 Å². The van der Waals surface area contributed by atoms with E-state index in [1.54, 1.807) is 6.08 Å². The third kappa shape index (κ3) is 4.45. The molecule has 0 aliphatic carbocycles. The summed E-state index contributed by atoms with van der Waals surface area (Å²) in [6.07, 6.45) is 5.88. The first kappa shape index (κ1) is 15.8. The molecule has 0 N–H and O–H groups in total. The summed E-state index contributed by atoms with van der Waals surface area (Å²) in [7, 11) is 0. The standard InChI is InChI=1S/C19H27NO/c1-15-11-13-20(14-12-15)18(21)10-7-16-5-8-17(9-6-16)19(2,3)4/h5-10,15H,11-14H2,1-4H3/b10-7+. The van der Waals surface area contributed by atoms with Crippen molar-refractivity contribution in [2.75, 3.05) is 13.1 Å². The molecule has 0 saturated carbocycles. The highest BCUT2D eigenvalue weighted by Crippen LogP contribution is 2.22. The number of hydrogen-bond acceptors (Lipinski definition) is 1. The van der Waals surface area contributed by atoms with Crippen molar-refractivity contribution in [3.63, 3.8) is 0 Å². The van der Waals surface area contributed by atoms with Crippen LogP contribution in [0.15, 0.2) is 30.3 Å². The van der Waals surface area contributed by atoms with Crippen molar-refractivity contribution in [1.82, 2.24) is 4.90 Å². The molecule has 0 unspecified atom stereocenters. The zero-order valence-electron chi connectivity index (χ0n) is 13.7. The quantitative estimate of drug-likeness (QED) is 0.744. The van der Waals surface area contributed by atoms with Crippen LogP contribution in [0, 0.1) is 5.92 Å². The van der Waals surface area contributed by atoms with Gasteiger partial charge in [-0.3, -0.25) is 4.79 Å². The first-order valence-corrected chi connectivity index (χ1v) is 7.94. The summed E-state index contributed by atoms with van der Waals surface area (Å²) >= 11 is 0. The number of nitrogens with zero attached hydrogens (tertiary/aromatic N) is 1. The lowest BCUT2D eigenvalue weighted by Gasteiger charge is -2.29. The zero-order chi connectivity index (χ0) is 15.5. The van der Waals surface area contributed by atoms with Gasteiger partial charge in [0.05, 0.1) is 0 Å². The van der Waals surface area contributed by atoms with Crippen LogP contribution in [0.5, 0.6) is 0 Å². The molecule has 2 rings (SSSR count). The Morgan fingerprint density at radius 1 is 1.14 bits per heavy atom. The lowest BCUT2D eigenvalue weighted by Crippen LogP contribution is -2.36. The summed E-state index contributed by atoms with van der Waals surface area (Å²) in [5, 5.41) is 0. The van der Waals surface area contributed by atoms with Crippen molar-refractivity contribution in [3.05, 3.63) is 41.5 Å². The zero-order valence-corrected chi connectivity index (χ0v) is 13.7. The smallest absolute Gasteiger partial charge is 0.246 e. The van der Waals surface area contributed by atoms with Gasteiger partial charge in [-0.2, -0.15) is 0 Å². The summed E-state index contributed by atoms with van der Waals surface area (Å²) in [5.74, 6) is 0.893. The van der Waals surface area contributed by atoms with Gasteiger partial charge in [0.15, 0.2) is 0 Å². The third-order valence-electron chi connectivity index (χ3n) is 4.29. The predicted molar refractivity (Wildman–Crippen MR) is 89.2 cm³/mol. The van der Waals surface area contributed by atoms with E-state index in [0.29, 0.717) is 0 Å². The van der Waals surface area contributed by atoms with Gasteiger partial charge in [-0.05, 0) is 41.4 Å². The molecule has 0 aromatic heterocycles. The first-order valence-electron chi connectivity index (χ1n) is 7.94. The highest BCUT2D eigenvalue weighted by Gasteiger charge is 2.18. The van der Waals surface area contributed by atoms with E-state index in [2.05, 4.69) is 52.0 Å². The average molecular weight is 285 g/mol. The van der Waals surface area contributed by atoms with Crippen LogP contribution in [0.2, 0.25) is 0 Å². The number of amides is 1. The second kappa shape index (κ2) is 6.46. The van der Waals surface area contributed by atoms with Crippen molar-refractivity contribution in [2.45, 2.75) is 46.0 Å². The topological polar surface area (TPSA) is 20.3 Å². The van der Waals surface area contributed by atoms with Gasteiger partial charge in [0.25, 0.3) is 0 Å². The molecule has 1 aliphatic heterocycles. The highest BCUT2D eigenvalue weighted by atomic mass is 16.2. The van der Waals surface area contributed by atoms with Gasteiger partial charge in [0.2, 0.25) is 5.91 Å². The molecule has 0 atom stereocenters. The summed E-state index contributed by atoms with van der Waals surface area (Å²) in [6, 6.07) is 8.46. The van der Waals surface area contributed by atoms with E-state index in [1.807, 2.05) is 11.0 Å². The van der Waals surface area contributed by atoms with E-state index in [1.165, 1.54) is 5.56 Å². The molecule has 1 aliphatic rings. The number of piperidine rings is 1. The van der Waals surface area contributed by atoms with Gasteiger partial charge in [0.1, 0.15) is 0 Å². The van der Waals surface area contributed by atoms with Gasteiger partial charge in [0, 0.05) is 19.2 Å².